The molecule has 10 heteroatoms. The van der Waals surface area contributed by atoms with Crippen molar-refractivity contribution in [3.8, 4) is 17.0 Å². The van der Waals surface area contributed by atoms with E-state index in [2.05, 4.69) is 9.80 Å². The predicted molar refractivity (Wildman–Crippen MR) is 149 cm³/mol. The van der Waals surface area contributed by atoms with E-state index in [4.69, 9.17) is 19.4 Å². The standard InChI is InChI=1S/C29H36FN5O4/c1-29(2,3)39-28(37)34-11-9-33(10-12-34)27-6-5-20(16-31-27)23-14-25(35-8-7-19(17-35)18-36)21-13-22(30)26(38-4)15-24(21)32-23/h5-6,13-16,19,36H,7-12,17-18H2,1-4H3. The first-order chi connectivity index (χ1) is 18.6. The molecule has 4 heterocycles. The number of piperazine rings is 1. The number of nitrogens with zero attached hydrogens (tertiary/aromatic N) is 5. The lowest BCUT2D eigenvalue weighted by molar-refractivity contribution is 0.0240. The Bertz CT molecular complexity index is 1340. The zero-order chi connectivity index (χ0) is 27.7. The maximum atomic E-state index is 14.7. The second-order valence-corrected chi connectivity index (χ2v) is 11.2. The first-order valence-electron chi connectivity index (χ1n) is 13.4. The van der Waals surface area contributed by atoms with Gasteiger partial charge in [0.1, 0.15) is 11.4 Å². The summed E-state index contributed by atoms with van der Waals surface area (Å²) in [7, 11) is 1.44. The van der Waals surface area contributed by atoms with Crippen LogP contribution in [0.2, 0.25) is 0 Å². The highest BCUT2D eigenvalue weighted by molar-refractivity contribution is 5.95. The van der Waals surface area contributed by atoms with Crippen LogP contribution in [0.15, 0.2) is 36.5 Å². The first kappa shape index (κ1) is 26.9. The lowest BCUT2D eigenvalue weighted by Gasteiger charge is -2.36. The van der Waals surface area contributed by atoms with Crippen molar-refractivity contribution < 1.29 is 23.8 Å². The SMILES string of the molecule is COc1cc2nc(-c3ccc(N4CCN(C(=O)OC(C)(C)C)CC4)nc3)cc(N3CCC(CO)C3)c2cc1F. The predicted octanol–water partition coefficient (Wildman–Crippen LogP) is 4.32. The number of aliphatic hydroxyl groups excluding tert-OH is 1. The third-order valence-electron chi connectivity index (χ3n) is 7.24. The summed E-state index contributed by atoms with van der Waals surface area (Å²) in [5.41, 5.74) is 2.57. The Hall–Kier alpha value is -3.66. The Morgan fingerprint density at radius 1 is 1.10 bits per heavy atom. The topological polar surface area (TPSA) is 91.3 Å². The number of aromatic nitrogens is 2. The van der Waals surface area contributed by atoms with Crippen molar-refractivity contribution in [3.05, 3.63) is 42.3 Å². The molecule has 2 aliphatic heterocycles. The molecule has 1 aromatic carbocycles. The summed E-state index contributed by atoms with van der Waals surface area (Å²) in [6, 6.07) is 9.03. The molecule has 2 aromatic heterocycles. The van der Waals surface area contributed by atoms with Crippen LogP contribution in [0.4, 0.5) is 20.7 Å². The van der Waals surface area contributed by atoms with Crippen molar-refractivity contribution in [2.45, 2.75) is 32.8 Å². The van der Waals surface area contributed by atoms with E-state index in [9.17, 15) is 14.3 Å². The van der Waals surface area contributed by atoms with Crippen LogP contribution in [-0.4, -0.2) is 84.7 Å². The van der Waals surface area contributed by atoms with Gasteiger partial charge in [0.15, 0.2) is 11.6 Å². The number of pyridine rings is 2. The maximum absolute atomic E-state index is 14.7. The van der Waals surface area contributed by atoms with Gasteiger partial charge >= 0.3 is 6.09 Å². The van der Waals surface area contributed by atoms with Crippen molar-refractivity contribution in [1.29, 1.82) is 0 Å². The van der Waals surface area contributed by atoms with Gasteiger partial charge in [-0.05, 0) is 51.5 Å². The average Bonchev–Trinajstić information content (AvgIpc) is 3.41. The van der Waals surface area contributed by atoms with Gasteiger partial charge in [-0.15, -0.1) is 0 Å². The van der Waals surface area contributed by atoms with Gasteiger partial charge in [0, 0.05) is 80.7 Å². The quantitative estimate of drug-likeness (QED) is 0.515. The number of aliphatic hydroxyl groups is 1. The fraction of sp³-hybridized carbons (Fsp3) is 0.483. The van der Waals surface area contributed by atoms with E-state index in [-0.39, 0.29) is 24.4 Å². The van der Waals surface area contributed by atoms with E-state index in [0.29, 0.717) is 43.6 Å². The maximum Gasteiger partial charge on any atom is 0.410 e. The molecule has 0 saturated carbocycles. The van der Waals surface area contributed by atoms with Gasteiger partial charge in [-0.2, -0.15) is 0 Å². The fourth-order valence-electron chi connectivity index (χ4n) is 5.15. The van der Waals surface area contributed by atoms with Gasteiger partial charge < -0.3 is 29.3 Å². The number of amides is 1. The molecule has 2 aliphatic rings. The largest absolute Gasteiger partial charge is 0.494 e. The second-order valence-electron chi connectivity index (χ2n) is 11.2. The molecule has 1 unspecified atom stereocenters. The first-order valence-corrected chi connectivity index (χ1v) is 13.4. The third-order valence-corrected chi connectivity index (χ3v) is 7.24. The number of anilines is 2. The molecule has 208 valence electrons. The molecule has 0 bridgehead atoms. The molecular formula is C29H36FN5O4. The number of rotatable bonds is 5. The number of halogens is 1. The second kappa shape index (κ2) is 10.8. The van der Waals surface area contributed by atoms with Gasteiger partial charge in [-0.3, -0.25) is 0 Å². The zero-order valence-electron chi connectivity index (χ0n) is 23.0. The Kier molecular flexibility index (Phi) is 7.48. The highest BCUT2D eigenvalue weighted by atomic mass is 19.1. The summed E-state index contributed by atoms with van der Waals surface area (Å²) in [6.45, 7) is 9.68. The minimum Gasteiger partial charge on any atom is -0.494 e. The molecule has 5 rings (SSSR count). The van der Waals surface area contributed by atoms with Crippen LogP contribution in [0, 0.1) is 11.7 Å². The average molecular weight is 538 g/mol. The summed E-state index contributed by atoms with van der Waals surface area (Å²) in [5, 5.41) is 10.4. The highest BCUT2D eigenvalue weighted by Crippen LogP contribution is 2.36. The van der Waals surface area contributed by atoms with E-state index >= 15 is 0 Å². The number of carbonyl (C=O) groups is 1. The summed E-state index contributed by atoms with van der Waals surface area (Å²) in [6.07, 6.45) is 2.39. The minimum atomic E-state index is -0.517. The van der Waals surface area contributed by atoms with Gasteiger partial charge in [-0.25, -0.2) is 19.2 Å². The molecule has 0 radical (unpaired) electrons. The Labute approximate surface area is 228 Å². The number of ether oxygens (including phenoxy) is 2. The van der Waals surface area contributed by atoms with Crippen LogP contribution in [-0.2, 0) is 4.74 Å². The number of hydrogen-bond acceptors (Lipinski definition) is 8. The van der Waals surface area contributed by atoms with E-state index < -0.39 is 11.4 Å². The van der Waals surface area contributed by atoms with Crippen molar-refractivity contribution in [2.24, 2.45) is 5.92 Å². The number of methoxy groups -OCH3 is 1. The Balaban J connectivity index is 1.38. The molecule has 39 heavy (non-hydrogen) atoms. The van der Waals surface area contributed by atoms with Crippen molar-refractivity contribution in [2.75, 3.05) is 62.8 Å². The molecule has 1 amide bonds. The Morgan fingerprint density at radius 3 is 2.49 bits per heavy atom. The molecule has 2 fully saturated rings. The van der Waals surface area contributed by atoms with Crippen LogP contribution in [0.1, 0.15) is 27.2 Å². The summed E-state index contributed by atoms with van der Waals surface area (Å²) < 4.78 is 25.4. The van der Waals surface area contributed by atoms with Gasteiger partial charge in [0.25, 0.3) is 0 Å². The third kappa shape index (κ3) is 5.85. The molecule has 9 nitrogen and oxygen atoms in total. The summed E-state index contributed by atoms with van der Waals surface area (Å²) in [5.74, 6) is 0.734. The van der Waals surface area contributed by atoms with Crippen LogP contribution in [0.5, 0.6) is 5.75 Å². The van der Waals surface area contributed by atoms with Crippen molar-refractivity contribution in [3.63, 3.8) is 0 Å². The monoisotopic (exact) mass is 537 g/mol. The van der Waals surface area contributed by atoms with E-state index in [1.54, 1.807) is 17.2 Å². The van der Waals surface area contributed by atoms with E-state index in [0.717, 1.165) is 35.7 Å². The molecule has 0 spiro atoms. The molecular weight excluding hydrogens is 501 g/mol. The van der Waals surface area contributed by atoms with Crippen LogP contribution >= 0.6 is 0 Å². The lowest BCUT2D eigenvalue weighted by atomic mass is 10.1. The number of benzene rings is 1. The van der Waals surface area contributed by atoms with E-state index in [1.807, 2.05) is 39.0 Å². The van der Waals surface area contributed by atoms with Gasteiger partial charge in [-0.1, -0.05) is 0 Å². The lowest BCUT2D eigenvalue weighted by Crippen LogP contribution is -2.50. The van der Waals surface area contributed by atoms with E-state index in [1.165, 1.54) is 13.2 Å². The zero-order valence-corrected chi connectivity index (χ0v) is 23.0. The fourth-order valence-corrected chi connectivity index (χ4v) is 5.15. The number of hydrogen-bond donors (Lipinski definition) is 1. The smallest absolute Gasteiger partial charge is 0.410 e. The van der Waals surface area contributed by atoms with Crippen molar-refractivity contribution >= 4 is 28.5 Å². The molecule has 1 N–H and O–H groups in total. The molecule has 3 aromatic rings. The molecule has 0 aliphatic carbocycles. The van der Waals surface area contributed by atoms with Gasteiger partial charge in [0.05, 0.1) is 18.3 Å². The van der Waals surface area contributed by atoms with Crippen LogP contribution in [0.3, 0.4) is 0 Å². The molecule has 1 atom stereocenters. The van der Waals surface area contributed by atoms with Crippen molar-refractivity contribution in [1.82, 2.24) is 14.9 Å². The normalized spacial score (nSPS) is 18.1. The summed E-state index contributed by atoms with van der Waals surface area (Å²) in [4.78, 5) is 28.0. The Morgan fingerprint density at radius 2 is 1.87 bits per heavy atom. The number of fused-ring (bicyclic) bond motifs is 1. The van der Waals surface area contributed by atoms with Crippen LogP contribution in [0.25, 0.3) is 22.2 Å². The van der Waals surface area contributed by atoms with Crippen LogP contribution < -0.4 is 14.5 Å². The minimum absolute atomic E-state index is 0.131. The van der Waals surface area contributed by atoms with Gasteiger partial charge in [0.2, 0.25) is 0 Å². The highest BCUT2D eigenvalue weighted by Gasteiger charge is 2.27. The number of carbonyl (C=O) groups excluding carboxylic acids is 1. The summed E-state index contributed by atoms with van der Waals surface area (Å²) >= 11 is 0. The molecule has 2 saturated heterocycles.